The molecule has 0 unspecified atom stereocenters. The quantitative estimate of drug-likeness (QED) is 0.859. The van der Waals surface area contributed by atoms with E-state index in [0.29, 0.717) is 0 Å². The van der Waals surface area contributed by atoms with Gasteiger partial charge in [-0.1, -0.05) is 25.2 Å². The Labute approximate surface area is 94.3 Å². The molecule has 0 bridgehead atoms. The molecule has 1 aromatic heterocycles. The van der Waals surface area contributed by atoms with Gasteiger partial charge < -0.3 is 10.2 Å². The normalized spacial score (nSPS) is 10.5. The molecule has 5 heteroatoms. The number of carbonyl (C=O) groups excluding carboxylic acids is 1. The van der Waals surface area contributed by atoms with E-state index in [1.54, 1.807) is 19.0 Å². The summed E-state index contributed by atoms with van der Waals surface area (Å²) in [4.78, 5) is 18.6. The van der Waals surface area contributed by atoms with E-state index in [9.17, 15) is 4.79 Å². The molecule has 15 heavy (non-hydrogen) atoms. The molecule has 0 spiro atoms. The minimum atomic E-state index is 0.0256. The van der Waals surface area contributed by atoms with Crippen LogP contribution in [0.1, 0.15) is 35.1 Å². The van der Waals surface area contributed by atoms with Crippen LogP contribution in [0.5, 0.6) is 0 Å². The van der Waals surface area contributed by atoms with Crippen LogP contribution in [0, 0.1) is 0 Å². The first-order chi connectivity index (χ1) is 6.97. The summed E-state index contributed by atoms with van der Waals surface area (Å²) in [7, 11) is 5.32. The van der Waals surface area contributed by atoms with Gasteiger partial charge in [-0.05, 0) is 5.92 Å². The fourth-order valence-corrected chi connectivity index (χ4v) is 2.28. The lowest BCUT2D eigenvalue weighted by Crippen LogP contribution is -2.22. The molecule has 1 aromatic rings. The topological polar surface area (TPSA) is 45.2 Å². The summed E-state index contributed by atoms with van der Waals surface area (Å²) in [6.07, 6.45) is 0. The van der Waals surface area contributed by atoms with E-state index in [1.807, 2.05) is 20.9 Å². The van der Waals surface area contributed by atoms with Gasteiger partial charge in [-0.3, -0.25) is 4.79 Å². The second-order valence-corrected chi connectivity index (χ2v) is 4.84. The zero-order valence-electron chi connectivity index (χ0n) is 9.79. The average Bonchev–Trinajstić information content (AvgIpc) is 2.60. The lowest BCUT2D eigenvalue weighted by atomic mass is 10.1. The van der Waals surface area contributed by atoms with Crippen LogP contribution in [0.15, 0.2) is 0 Å². The molecule has 0 saturated heterocycles. The molecule has 1 N–H and O–H groups in total. The number of thiazole rings is 1. The maximum absolute atomic E-state index is 11.9. The second-order valence-electron chi connectivity index (χ2n) is 3.84. The molecular weight excluding hydrogens is 210 g/mol. The van der Waals surface area contributed by atoms with Gasteiger partial charge in [-0.15, -0.1) is 0 Å². The van der Waals surface area contributed by atoms with Crippen LogP contribution in [-0.4, -0.2) is 36.9 Å². The number of nitrogens with zero attached hydrogens (tertiary/aromatic N) is 2. The fourth-order valence-electron chi connectivity index (χ4n) is 1.19. The van der Waals surface area contributed by atoms with Crippen molar-refractivity contribution in [3.05, 3.63) is 10.6 Å². The van der Waals surface area contributed by atoms with Gasteiger partial charge in [0.1, 0.15) is 4.88 Å². The molecule has 0 atom stereocenters. The van der Waals surface area contributed by atoms with E-state index >= 15 is 0 Å². The molecule has 0 saturated carbocycles. The van der Waals surface area contributed by atoms with Gasteiger partial charge in [-0.2, -0.15) is 0 Å². The third-order valence-corrected chi connectivity index (χ3v) is 3.09. The minimum Gasteiger partial charge on any atom is -0.365 e. The van der Waals surface area contributed by atoms with E-state index in [2.05, 4.69) is 10.3 Å². The van der Waals surface area contributed by atoms with Crippen molar-refractivity contribution in [1.82, 2.24) is 9.88 Å². The van der Waals surface area contributed by atoms with E-state index in [-0.39, 0.29) is 11.8 Å². The molecule has 0 radical (unpaired) electrons. The summed E-state index contributed by atoms with van der Waals surface area (Å²) in [5.74, 6) is 0.292. The van der Waals surface area contributed by atoms with Crippen LogP contribution in [0.4, 0.5) is 5.13 Å². The van der Waals surface area contributed by atoms with Gasteiger partial charge >= 0.3 is 0 Å². The smallest absolute Gasteiger partial charge is 0.265 e. The molecule has 1 amide bonds. The Morgan fingerprint density at radius 3 is 2.47 bits per heavy atom. The van der Waals surface area contributed by atoms with Gasteiger partial charge in [-0.25, -0.2) is 4.98 Å². The summed E-state index contributed by atoms with van der Waals surface area (Å²) in [5, 5.41) is 3.77. The lowest BCUT2D eigenvalue weighted by Gasteiger charge is -2.10. The average molecular weight is 227 g/mol. The Kier molecular flexibility index (Phi) is 3.68. The molecule has 0 aromatic carbocycles. The van der Waals surface area contributed by atoms with Crippen molar-refractivity contribution in [3.63, 3.8) is 0 Å². The molecule has 0 aliphatic carbocycles. The number of aromatic nitrogens is 1. The van der Waals surface area contributed by atoms with Crippen molar-refractivity contribution < 1.29 is 4.79 Å². The number of hydrogen-bond donors (Lipinski definition) is 1. The van der Waals surface area contributed by atoms with Crippen molar-refractivity contribution in [1.29, 1.82) is 0 Å². The minimum absolute atomic E-state index is 0.0256. The zero-order chi connectivity index (χ0) is 11.6. The molecule has 1 rings (SSSR count). The SMILES string of the molecule is CNc1nc(C(C)C)c(C(=O)N(C)C)s1. The first-order valence-corrected chi connectivity index (χ1v) is 5.69. The highest BCUT2D eigenvalue weighted by molar-refractivity contribution is 7.17. The monoisotopic (exact) mass is 227 g/mol. The highest BCUT2D eigenvalue weighted by Crippen LogP contribution is 2.28. The highest BCUT2D eigenvalue weighted by Gasteiger charge is 2.20. The van der Waals surface area contributed by atoms with E-state index in [1.165, 1.54) is 11.3 Å². The number of amides is 1. The Hall–Kier alpha value is -1.10. The van der Waals surface area contributed by atoms with Gasteiger partial charge in [0.15, 0.2) is 5.13 Å². The second kappa shape index (κ2) is 4.61. The fraction of sp³-hybridized carbons (Fsp3) is 0.600. The predicted octanol–water partition coefficient (Wildman–Crippen LogP) is 2.01. The van der Waals surface area contributed by atoms with Crippen molar-refractivity contribution in [2.24, 2.45) is 0 Å². The number of hydrogen-bond acceptors (Lipinski definition) is 4. The van der Waals surface area contributed by atoms with Crippen LogP contribution in [0.3, 0.4) is 0 Å². The van der Waals surface area contributed by atoms with Gasteiger partial charge in [0.2, 0.25) is 0 Å². The molecule has 84 valence electrons. The summed E-state index contributed by atoms with van der Waals surface area (Å²) in [5.41, 5.74) is 0.878. The number of anilines is 1. The maximum atomic E-state index is 11.9. The first-order valence-electron chi connectivity index (χ1n) is 4.87. The summed E-state index contributed by atoms with van der Waals surface area (Å²) >= 11 is 1.41. The van der Waals surface area contributed by atoms with Crippen LogP contribution < -0.4 is 5.32 Å². The van der Waals surface area contributed by atoms with E-state index in [0.717, 1.165) is 15.7 Å². The summed E-state index contributed by atoms with van der Waals surface area (Å²) < 4.78 is 0. The Morgan fingerprint density at radius 2 is 2.07 bits per heavy atom. The molecule has 0 fully saturated rings. The van der Waals surface area contributed by atoms with Crippen molar-refractivity contribution in [2.75, 3.05) is 26.5 Å². The predicted molar refractivity (Wildman–Crippen MR) is 63.8 cm³/mol. The Morgan fingerprint density at radius 1 is 1.47 bits per heavy atom. The number of rotatable bonds is 3. The van der Waals surface area contributed by atoms with Crippen LogP contribution in [-0.2, 0) is 0 Å². The van der Waals surface area contributed by atoms with Gasteiger partial charge in [0.05, 0.1) is 5.69 Å². The van der Waals surface area contributed by atoms with Gasteiger partial charge in [0.25, 0.3) is 5.91 Å². The number of nitrogens with one attached hydrogen (secondary N) is 1. The Bertz CT molecular complexity index is 358. The first kappa shape index (κ1) is 12.0. The molecule has 1 heterocycles. The third-order valence-electron chi connectivity index (χ3n) is 2.01. The maximum Gasteiger partial charge on any atom is 0.265 e. The van der Waals surface area contributed by atoms with Crippen molar-refractivity contribution >= 4 is 22.4 Å². The van der Waals surface area contributed by atoms with E-state index < -0.39 is 0 Å². The van der Waals surface area contributed by atoms with Crippen molar-refractivity contribution in [2.45, 2.75) is 19.8 Å². The third kappa shape index (κ3) is 2.47. The highest BCUT2D eigenvalue weighted by atomic mass is 32.1. The van der Waals surface area contributed by atoms with Gasteiger partial charge in [0, 0.05) is 21.1 Å². The summed E-state index contributed by atoms with van der Waals surface area (Å²) in [6, 6.07) is 0. The largest absolute Gasteiger partial charge is 0.365 e. The zero-order valence-corrected chi connectivity index (χ0v) is 10.6. The lowest BCUT2D eigenvalue weighted by molar-refractivity contribution is 0.0830. The molecule has 0 aliphatic rings. The standard InChI is InChI=1S/C10H17N3OS/c1-6(2)7-8(9(14)13(4)5)15-10(11-3)12-7/h6H,1-5H3,(H,11,12). The van der Waals surface area contributed by atoms with Crippen LogP contribution in [0.2, 0.25) is 0 Å². The molecule has 4 nitrogen and oxygen atoms in total. The van der Waals surface area contributed by atoms with Crippen LogP contribution in [0.25, 0.3) is 0 Å². The van der Waals surface area contributed by atoms with E-state index in [4.69, 9.17) is 0 Å². The van der Waals surface area contributed by atoms with Crippen LogP contribution >= 0.6 is 11.3 Å². The number of carbonyl (C=O) groups is 1. The van der Waals surface area contributed by atoms with Crippen molar-refractivity contribution in [3.8, 4) is 0 Å². The summed E-state index contributed by atoms with van der Waals surface area (Å²) in [6.45, 7) is 4.09. The Balaban J connectivity index is 3.14. The molecule has 0 aliphatic heterocycles. The molecular formula is C10H17N3OS.